The minimum atomic E-state index is 0.0788. The molecule has 0 saturated carbocycles. The highest BCUT2D eigenvalue weighted by atomic mass is 14.2. The fourth-order valence-corrected chi connectivity index (χ4v) is 3.44. The van der Waals surface area contributed by atoms with Crippen molar-refractivity contribution in [2.24, 2.45) is 17.3 Å². The van der Waals surface area contributed by atoms with E-state index in [9.17, 15) is 0 Å². The van der Waals surface area contributed by atoms with E-state index < -0.39 is 0 Å². The van der Waals surface area contributed by atoms with Crippen molar-refractivity contribution in [2.75, 3.05) is 0 Å². The van der Waals surface area contributed by atoms with Crippen molar-refractivity contribution < 1.29 is 0 Å². The first-order chi connectivity index (χ1) is 14.5. The molecule has 0 heterocycles. The standard InChI is InChI=1S/C31H52/c1-11-31(10,23-14-19-27(6)16-12-15-25(2)3)24-22-29(8)18-13-17-28(7)20-21-30(9)26(4)5/h11,15,17,19,22,24,29-30H,1,4,12-14,16,18,20-21,23H2,2-3,5-10H3/b24-22+,27-19+,28-17+/t29-,30?,31-/m1/s1. The predicted octanol–water partition coefficient (Wildman–Crippen LogP) is 10.6. The van der Waals surface area contributed by atoms with Crippen molar-refractivity contribution in [3.8, 4) is 0 Å². The smallest absolute Gasteiger partial charge is 0.00330 e. The molecule has 0 aliphatic heterocycles. The van der Waals surface area contributed by atoms with Crippen LogP contribution >= 0.6 is 0 Å². The maximum atomic E-state index is 4.11. The van der Waals surface area contributed by atoms with E-state index in [1.165, 1.54) is 48.0 Å². The molecule has 0 spiro atoms. The van der Waals surface area contributed by atoms with Crippen molar-refractivity contribution in [3.63, 3.8) is 0 Å². The van der Waals surface area contributed by atoms with Crippen LogP contribution in [0.15, 0.2) is 71.9 Å². The van der Waals surface area contributed by atoms with E-state index in [1.807, 2.05) is 0 Å². The van der Waals surface area contributed by atoms with Gasteiger partial charge in [-0.3, -0.25) is 0 Å². The highest BCUT2D eigenvalue weighted by molar-refractivity contribution is 5.10. The lowest BCUT2D eigenvalue weighted by molar-refractivity contribution is 0.499. The number of allylic oxidation sites excluding steroid dienone is 10. The van der Waals surface area contributed by atoms with Crippen LogP contribution in [-0.4, -0.2) is 0 Å². The maximum absolute atomic E-state index is 4.11. The minimum Gasteiger partial charge on any atom is -0.102 e. The Labute approximate surface area is 196 Å². The summed E-state index contributed by atoms with van der Waals surface area (Å²) in [6, 6.07) is 0. The molecule has 0 saturated heterocycles. The van der Waals surface area contributed by atoms with Crippen LogP contribution in [0.1, 0.15) is 107 Å². The van der Waals surface area contributed by atoms with E-state index in [0.29, 0.717) is 11.8 Å². The van der Waals surface area contributed by atoms with E-state index in [-0.39, 0.29) is 5.41 Å². The quantitative estimate of drug-likeness (QED) is 0.216. The van der Waals surface area contributed by atoms with Gasteiger partial charge in [0.2, 0.25) is 0 Å². The third-order valence-corrected chi connectivity index (χ3v) is 6.47. The Bertz CT molecular complexity index is 648. The van der Waals surface area contributed by atoms with Crippen LogP contribution in [-0.2, 0) is 0 Å². The first kappa shape index (κ1) is 29.4. The Balaban J connectivity index is 4.46. The molecular formula is C31H52. The van der Waals surface area contributed by atoms with Gasteiger partial charge >= 0.3 is 0 Å². The summed E-state index contributed by atoms with van der Waals surface area (Å²) in [5, 5.41) is 0. The van der Waals surface area contributed by atoms with Gasteiger partial charge in [0.05, 0.1) is 0 Å². The molecule has 0 aliphatic carbocycles. The molecule has 0 fully saturated rings. The van der Waals surface area contributed by atoms with Crippen molar-refractivity contribution >= 4 is 0 Å². The SMILES string of the molecule is C=C[C@@](C)(/C=C/[C@H](C)CC/C=C(\C)CCC(C)C(=C)C)CC/C=C(\C)CCC=C(C)C. The first-order valence-electron chi connectivity index (χ1n) is 12.4. The second-order valence-corrected chi connectivity index (χ2v) is 10.4. The largest absolute Gasteiger partial charge is 0.102 e. The Morgan fingerprint density at radius 2 is 1.45 bits per heavy atom. The van der Waals surface area contributed by atoms with Gasteiger partial charge < -0.3 is 0 Å². The fraction of sp³-hybridized carbons (Fsp3) is 0.613. The molecule has 176 valence electrons. The summed E-state index contributed by atoms with van der Waals surface area (Å²) in [5.41, 5.74) is 5.81. The Kier molecular flexibility index (Phi) is 15.3. The van der Waals surface area contributed by atoms with Gasteiger partial charge in [-0.1, -0.05) is 86.1 Å². The Morgan fingerprint density at radius 3 is 2.03 bits per heavy atom. The molecule has 0 heteroatoms. The van der Waals surface area contributed by atoms with E-state index in [1.54, 1.807) is 0 Å². The van der Waals surface area contributed by atoms with Gasteiger partial charge in [0.1, 0.15) is 0 Å². The van der Waals surface area contributed by atoms with Crippen molar-refractivity contribution in [1.29, 1.82) is 0 Å². The van der Waals surface area contributed by atoms with E-state index in [4.69, 9.17) is 0 Å². The lowest BCUT2D eigenvalue weighted by atomic mass is 9.83. The third-order valence-electron chi connectivity index (χ3n) is 6.47. The molecule has 1 unspecified atom stereocenters. The highest BCUT2D eigenvalue weighted by Gasteiger charge is 2.15. The topological polar surface area (TPSA) is 0 Å². The molecule has 31 heavy (non-hydrogen) atoms. The Hall–Kier alpha value is -1.56. The second kappa shape index (κ2) is 16.1. The van der Waals surface area contributed by atoms with E-state index >= 15 is 0 Å². The summed E-state index contributed by atoms with van der Waals surface area (Å²) >= 11 is 0. The van der Waals surface area contributed by atoms with Crippen LogP contribution in [0.2, 0.25) is 0 Å². The monoisotopic (exact) mass is 424 g/mol. The second-order valence-electron chi connectivity index (χ2n) is 10.4. The molecule has 0 aromatic rings. The summed E-state index contributed by atoms with van der Waals surface area (Å²) in [7, 11) is 0. The van der Waals surface area contributed by atoms with E-state index in [0.717, 1.165) is 25.7 Å². The molecule has 0 aromatic heterocycles. The number of hydrogen-bond donors (Lipinski definition) is 0. The van der Waals surface area contributed by atoms with Gasteiger partial charge in [-0.15, -0.1) is 6.58 Å². The molecule has 3 atom stereocenters. The van der Waals surface area contributed by atoms with Crippen LogP contribution in [0.25, 0.3) is 0 Å². The summed E-state index contributed by atoms with van der Waals surface area (Å²) in [4.78, 5) is 0. The fourth-order valence-electron chi connectivity index (χ4n) is 3.44. The normalized spacial score (nSPS) is 16.6. The van der Waals surface area contributed by atoms with Gasteiger partial charge in [-0.05, 0) is 97.8 Å². The average molecular weight is 425 g/mol. The molecule has 0 aromatic carbocycles. The molecule has 0 bridgehead atoms. The third kappa shape index (κ3) is 15.8. The van der Waals surface area contributed by atoms with Crippen LogP contribution in [0.5, 0.6) is 0 Å². The number of rotatable bonds is 16. The number of hydrogen-bond acceptors (Lipinski definition) is 0. The minimum absolute atomic E-state index is 0.0788. The summed E-state index contributed by atoms with van der Waals surface area (Å²) in [5.74, 6) is 1.22. The van der Waals surface area contributed by atoms with Crippen LogP contribution in [0.4, 0.5) is 0 Å². The van der Waals surface area contributed by atoms with Gasteiger partial charge in [0.25, 0.3) is 0 Å². The zero-order chi connectivity index (χ0) is 23.9. The van der Waals surface area contributed by atoms with Crippen molar-refractivity contribution in [3.05, 3.63) is 71.9 Å². The molecule has 0 aliphatic rings. The lowest BCUT2D eigenvalue weighted by Crippen LogP contribution is -2.09. The van der Waals surface area contributed by atoms with Gasteiger partial charge in [-0.25, -0.2) is 0 Å². The molecular weight excluding hydrogens is 372 g/mol. The predicted molar refractivity (Wildman–Crippen MR) is 144 cm³/mol. The molecule has 0 radical (unpaired) electrons. The van der Waals surface area contributed by atoms with Crippen LogP contribution in [0, 0.1) is 17.3 Å². The molecule has 0 rings (SSSR count). The van der Waals surface area contributed by atoms with Crippen molar-refractivity contribution in [2.45, 2.75) is 107 Å². The highest BCUT2D eigenvalue weighted by Crippen LogP contribution is 2.28. The van der Waals surface area contributed by atoms with Crippen LogP contribution < -0.4 is 0 Å². The van der Waals surface area contributed by atoms with Gasteiger partial charge in [0.15, 0.2) is 0 Å². The van der Waals surface area contributed by atoms with E-state index in [2.05, 4.69) is 105 Å². The molecule has 0 nitrogen and oxygen atoms in total. The first-order valence-corrected chi connectivity index (χ1v) is 12.4. The van der Waals surface area contributed by atoms with Crippen molar-refractivity contribution in [1.82, 2.24) is 0 Å². The molecule has 0 amide bonds. The lowest BCUT2D eigenvalue weighted by Gasteiger charge is -2.21. The van der Waals surface area contributed by atoms with Gasteiger partial charge in [-0.2, -0.15) is 0 Å². The summed E-state index contributed by atoms with van der Waals surface area (Å²) < 4.78 is 0. The average Bonchev–Trinajstić information content (AvgIpc) is 2.70. The summed E-state index contributed by atoms with van der Waals surface area (Å²) in [6.45, 7) is 26.1. The maximum Gasteiger partial charge on any atom is 0.00330 e. The zero-order valence-electron chi connectivity index (χ0n) is 22.2. The zero-order valence-corrected chi connectivity index (χ0v) is 22.2. The summed E-state index contributed by atoms with van der Waals surface area (Å²) in [6.07, 6.45) is 23.4. The molecule has 0 N–H and O–H groups in total. The Morgan fingerprint density at radius 1 is 0.839 bits per heavy atom. The van der Waals surface area contributed by atoms with Crippen LogP contribution in [0.3, 0.4) is 0 Å². The van der Waals surface area contributed by atoms with Gasteiger partial charge in [0, 0.05) is 5.41 Å².